The molecule has 1 nitrogen and oxygen atoms in total. The zero-order valence-electron chi connectivity index (χ0n) is 7.27. The molecule has 3 heteroatoms. The maximum Gasteiger partial charge on any atom is 0.272 e. The Morgan fingerprint density at radius 1 is 1.18 bits per heavy atom. The van der Waals surface area contributed by atoms with Crippen LogP contribution in [0.15, 0.2) is 0 Å². The third-order valence-corrected chi connectivity index (χ3v) is 2.41. The molecule has 0 spiro atoms. The molecule has 0 aromatic rings. The predicted octanol–water partition coefficient (Wildman–Crippen LogP) is 1.98. The van der Waals surface area contributed by atoms with E-state index in [1.807, 2.05) is 11.8 Å². The molecule has 66 valence electrons. The zero-order valence-corrected chi connectivity index (χ0v) is 7.27. The fourth-order valence-corrected chi connectivity index (χ4v) is 1.26. The summed E-state index contributed by atoms with van der Waals surface area (Å²) in [5.41, 5.74) is 0. The Morgan fingerprint density at radius 2 is 1.64 bits per heavy atom. The molecule has 0 amide bonds. The number of nitrogens with zero attached hydrogens (tertiary/aromatic N) is 1. The van der Waals surface area contributed by atoms with Crippen LogP contribution in [0.1, 0.15) is 20.8 Å². The van der Waals surface area contributed by atoms with Crippen molar-refractivity contribution in [3.8, 4) is 0 Å². The Hall–Kier alpha value is -0.180. The van der Waals surface area contributed by atoms with Crippen LogP contribution in [0, 0.1) is 5.92 Å². The van der Waals surface area contributed by atoms with Crippen molar-refractivity contribution in [3.63, 3.8) is 0 Å². The Bertz CT molecular complexity index is 137. The molecule has 0 aromatic carbocycles. The van der Waals surface area contributed by atoms with Gasteiger partial charge < -0.3 is 0 Å². The first-order valence-corrected chi connectivity index (χ1v) is 4.04. The maximum absolute atomic E-state index is 12.4. The van der Waals surface area contributed by atoms with Gasteiger partial charge in [-0.25, -0.2) is 8.78 Å². The summed E-state index contributed by atoms with van der Waals surface area (Å²) >= 11 is 0. The second-order valence-electron chi connectivity index (χ2n) is 3.75. The van der Waals surface area contributed by atoms with Crippen LogP contribution in [0.3, 0.4) is 0 Å². The Labute approximate surface area is 66.4 Å². The highest BCUT2D eigenvalue weighted by Gasteiger charge is 2.45. The summed E-state index contributed by atoms with van der Waals surface area (Å²) in [6.07, 6.45) is 0. The van der Waals surface area contributed by atoms with E-state index in [1.165, 1.54) is 0 Å². The molecule has 0 aromatic heterocycles. The SMILES string of the molecule is CC(C)C(C)N1CC(F)(F)C1. The van der Waals surface area contributed by atoms with E-state index in [2.05, 4.69) is 13.8 Å². The van der Waals surface area contributed by atoms with Crippen molar-refractivity contribution in [1.82, 2.24) is 4.90 Å². The Balaban J connectivity index is 2.32. The van der Waals surface area contributed by atoms with Crippen LogP contribution < -0.4 is 0 Å². The van der Waals surface area contributed by atoms with Crippen molar-refractivity contribution in [1.29, 1.82) is 0 Å². The molecule has 1 rings (SSSR count). The molecule has 0 radical (unpaired) electrons. The van der Waals surface area contributed by atoms with E-state index >= 15 is 0 Å². The Kier molecular flexibility index (Phi) is 2.19. The topological polar surface area (TPSA) is 3.24 Å². The van der Waals surface area contributed by atoms with Crippen LogP contribution in [-0.4, -0.2) is 30.0 Å². The van der Waals surface area contributed by atoms with E-state index in [4.69, 9.17) is 0 Å². The lowest BCUT2D eigenvalue weighted by atomic mass is 9.99. The van der Waals surface area contributed by atoms with Gasteiger partial charge in [0.1, 0.15) is 0 Å². The first-order chi connectivity index (χ1) is 4.92. The molecule has 1 heterocycles. The normalized spacial score (nSPS) is 26.7. The largest absolute Gasteiger partial charge is 0.288 e. The highest BCUT2D eigenvalue weighted by Crippen LogP contribution is 2.30. The minimum atomic E-state index is -2.41. The minimum Gasteiger partial charge on any atom is -0.288 e. The minimum absolute atomic E-state index is 0.0493. The maximum atomic E-state index is 12.4. The van der Waals surface area contributed by atoms with E-state index in [-0.39, 0.29) is 19.1 Å². The average Bonchev–Trinajstić information content (AvgIpc) is 1.80. The first kappa shape index (κ1) is 8.91. The second kappa shape index (κ2) is 2.70. The third kappa shape index (κ3) is 1.89. The van der Waals surface area contributed by atoms with Crippen molar-refractivity contribution in [3.05, 3.63) is 0 Å². The lowest BCUT2D eigenvalue weighted by molar-refractivity contribution is -0.148. The van der Waals surface area contributed by atoms with E-state index < -0.39 is 5.92 Å². The van der Waals surface area contributed by atoms with Crippen molar-refractivity contribution in [2.24, 2.45) is 5.92 Å². The van der Waals surface area contributed by atoms with Gasteiger partial charge in [-0.15, -0.1) is 0 Å². The average molecular weight is 163 g/mol. The van der Waals surface area contributed by atoms with Crippen molar-refractivity contribution >= 4 is 0 Å². The van der Waals surface area contributed by atoms with E-state index in [9.17, 15) is 8.78 Å². The van der Waals surface area contributed by atoms with Crippen LogP contribution in [0.5, 0.6) is 0 Å². The monoisotopic (exact) mass is 163 g/mol. The summed E-state index contributed by atoms with van der Waals surface area (Å²) in [4.78, 5) is 1.82. The summed E-state index contributed by atoms with van der Waals surface area (Å²) < 4.78 is 24.7. The van der Waals surface area contributed by atoms with Gasteiger partial charge >= 0.3 is 0 Å². The van der Waals surface area contributed by atoms with Crippen LogP contribution in [0.4, 0.5) is 8.78 Å². The Morgan fingerprint density at radius 3 is 1.91 bits per heavy atom. The molecule has 0 N–H and O–H groups in total. The van der Waals surface area contributed by atoms with Gasteiger partial charge in [0.25, 0.3) is 5.92 Å². The van der Waals surface area contributed by atoms with Crippen molar-refractivity contribution in [2.75, 3.05) is 13.1 Å². The molecule has 1 atom stereocenters. The van der Waals surface area contributed by atoms with Crippen molar-refractivity contribution in [2.45, 2.75) is 32.7 Å². The molecule has 0 saturated carbocycles. The number of rotatable bonds is 2. The highest BCUT2D eigenvalue weighted by molar-refractivity contribution is 4.90. The molecule has 1 unspecified atom stereocenters. The van der Waals surface area contributed by atoms with Gasteiger partial charge in [-0.1, -0.05) is 13.8 Å². The van der Waals surface area contributed by atoms with Gasteiger partial charge in [-0.05, 0) is 12.8 Å². The first-order valence-electron chi connectivity index (χ1n) is 4.04. The summed E-state index contributed by atoms with van der Waals surface area (Å²) in [7, 11) is 0. The zero-order chi connectivity index (χ0) is 8.65. The number of likely N-dealkylation sites (tertiary alicyclic amines) is 1. The number of halogens is 2. The van der Waals surface area contributed by atoms with E-state index in [0.29, 0.717) is 5.92 Å². The molecular formula is C8H15F2N. The summed E-state index contributed by atoms with van der Waals surface area (Å²) in [6, 6.07) is 0.287. The fourth-order valence-electron chi connectivity index (χ4n) is 1.26. The highest BCUT2D eigenvalue weighted by atomic mass is 19.3. The van der Waals surface area contributed by atoms with Gasteiger partial charge in [-0.3, -0.25) is 4.90 Å². The van der Waals surface area contributed by atoms with Gasteiger partial charge in [0.15, 0.2) is 0 Å². The predicted molar refractivity (Wildman–Crippen MR) is 40.8 cm³/mol. The van der Waals surface area contributed by atoms with Crippen molar-refractivity contribution < 1.29 is 8.78 Å². The second-order valence-corrected chi connectivity index (χ2v) is 3.75. The van der Waals surface area contributed by atoms with E-state index in [1.54, 1.807) is 0 Å². The molecule has 1 aliphatic heterocycles. The molecule has 0 bridgehead atoms. The fraction of sp³-hybridized carbons (Fsp3) is 1.00. The lowest BCUT2D eigenvalue weighted by Gasteiger charge is -2.44. The standard InChI is InChI=1S/C8H15F2N/c1-6(2)7(3)11-4-8(9,10)5-11/h6-7H,4-5H2,1-3H3. The number of hydrogen-bond acceptors (Lipinski definition) is 1. The molecule has 0 aliphatic carbocycles. The lowest BCUT2D eigenvalue weighted by Crippen LogP contribution is -2.60. The summed E-state index contributed by atoms with van der Waals surface area (Å²) in [6.45, 7) is 6.01. The third-order valence-electron chi connectivity index (χ3n) is 2.41. The number of hydrogen-bond donors (Lipinski definition) is 0. The van der Waals surface area contributed by atoms with Crippen LogP contribution >= 0.6 is 0 Å². The summed E-state index contributed by atoms with van der Waals surface area (Å²) in [5.74, 6) is -1.95. The molecular weight excluding hydrogens is 148 g/mol. The van der Waals surface area contributed by atoms with Crippen LogP contribution in [0.2, 0.25) is 0 Å². The van der Waals surface area contributed by atoms with Gasteiger partial charge in [-0.2, -0.15) is 0 Å². The van der Waals surface area contributed by atoms with Gasteiger partial charge in [0, 0.05) is 6.04 Å². The van der Waals surface area contributed by atoms with Crippen LogP contribution in [-0.2, 0) is 0 Å². The van der Waals surface area contributed by atoms with Gasteiger partial charge in [0.2, 0.25) is 0 Å². The van der Waals surface area contributed by atoms with Gasteiger partial charge in [0.05, 0.1) is 13.1 Å². The smallest absolute Gasteiger partial charge is 0.272 e. The van der Waals surface area contributed by atoms with Crippen LogP contribution in [0.25, 0.3) is 0 Å². The molecule has 1 saturated heterocycles. The molecule has 1 aliphatic rings. The number of alkyl halides is 2. The quantitative estimate of drug-likeness (QED) is 0.601. The molecule has 1 fully saturated rings. The molecule has 11 heavy (non-hydrogen) atoms. The summed E-state index contributed by atoms with van der Waals surface area (Å²) in [5, 5.41) is 0. The van der Waals surface area contributed by atoms with E-state index in [0.717, 1.165) is 0 Å².